The van der Waals surface area contributed by atoms with Crippen LogP contribution in [0.15, 0.2) is 54.6 Å². The van der Waals surface area contributed by atoms with Crippen molar-refractivity contribution in [2.24, 2.45) is 17.8 Å². The Balaban J connectivity index is 1.53. The highest BCUT2D eigenvalue weighted by Gasteiger charge is 2.76. The molecule has 39 heavy (non-hydrogen) atoms. The molecule has 2 aromatic carbocycles. The van der Waals surface area contributed by atoms with Gasteiger partial charge in [0.25, 0.3) is 0 Å². The van der Waals surface area contributed by atoms with Crippen molar-refractivity contribution in [1.29, 1.82) is 0 Å². The Labute approximate surface area is 241 Å². The molecule has 208 valence electrons. The normalized spacial score (nSPS) is 30.5. The summed E-state index contributed by atoms with van der Waals surface area (Å²) in [6.45, 7) is 3.73. The van der Waals surface area contributed by atoms with E-state index >= 15 is 0 Å². The minimum Gasteiger partial charge on any atom is -0.497 e. The lowest BCUT2D eigenvalue weighted by molar-refractivity contribution is -0.142. The number of aliphatic hydroxyl groups excluding tert-OH is 1. The lowest BCUT2D eigenvalue weighted by atomic mass is 9.70. The predicted octanol–water partition coefficient (Wildman–Crippen LogP) is 4.14. The van der Waals surface area contributed by atoms with Crippen molar-refractivity contribution >= 4 is 56.8 Å². The van der Waals surface area contributed by atoms with Gasteiger partial charge in [-0.1, -0.05) is 54.4 Å². The number of carbonyl (C=O) groups is 3. The van der Waals surface area contributed by atoms with Crippen LogP contribution in [-0.2, 0) is 14.4 Å². The highest BCUT2D eigenvalue weighted by Crippen LogP contribution is 2.68. The van der Waals surface area contributed by atoms with Crippen LogP contribution in [0.25, 0.3) is 0 Å². The van der Waals surface area contributed by atoms with E-state index in [0.29, 0.717) is 23.5 Å². The van der Waals surface area contributed by atoms with Gasteiger partial charge < -0.3 is 25.4 Å². The number of nitrogens with one attached hydrogen (secondary N) is 2. The number of methoxy groups -OCH3 is 1. The number of benzene rings is 2. The van der Waals surface area contributed by atoms with E-state index in [1.54, 1.807) is 48.0 Å². The van der Waals surface area contributed by atoms with Crippen molar-refractivity contribution in [3.8, 4) is 5.75 Å². The monoisotopic (exact) mass is 615 g/mol. The molecular formula is C29H34BrN3O5S. The quantitative estimate of drug-likeness (QED) is 0.366. The van der Waals surface area contributed by atoms with E-state index in [1.807, 2.05) is 44.2 Å². The first-order valence-corrected chi connectivity index (χ1v) is 15.1. The summed E-state index contributed by atoms with van der Waals surface area (Å²) in [5.74, 6) is -1.41. The third kappa shape index (κ3) is 4.74. The van der Waals surface area contributed by atoms with E-state index in [4.69, 9.17) is 4.74 Å². The number of anilines is 2. The summed E-state index contributed by atoms with van der Waals surface area (Å²) < 4.78 is 4.43. The second kappa shape index (κ2) is 11.1. The second-order valence-electron chi connectivity index (χ2n) is 10.6. The smallest absolute Gasteiger partial charge is 0.248 e. The van der Waals surface area contributed by atoms with Crippen LogP contribution in [0.2, 0.25) is 0 Å². The summed E-state index contributed by atoms with van der Waals surface area (Å²) in [5, 5.41) is 16.3. The minimum absolute atomic E-state index is 0.0366. The second-order valence-corrected chi connectivity index (χ2v) is 13.3. The van der Waals surface area contributed by atoms with Crippen LogP contribution >= 0.6 is 27.7 Å². The molecule has 5 rings (SSSR count). The maximum atomic E-state index is 14.3. The van der Waals surface area contributed by atoms with Crippen LogP contribution in [0.1, 0.15) is 26.7 Å². The van der Waals surface area contributed by atoms with Crippen LogP contribution in [0.5, 0.6) is 5.75 Å². The van der Waals surface area contributed by atoms with Gasteiger partial charge in [0.1, 0.15) is 11.8 Å². The number of alkyl halides is 1. The van der Waals surface area contributed by atoms with Crippen LogP contribution in [-0.4, -0.2) is 68.4 Å². The van der Waals surface area contributed by atoms with Gasteiger partial charge >= 0.3 is 0 Å². The van der Waals surface area contributed by atoms with Crippen molar-refractivity contribution in [3.63, 3.8) is 0 Å². The number of nitrogens with zero attached hydrogens (tertiary/aromatic N) is 1. The zero-order valence-electron chi connectivity index (χ0n) is 22.2. The first kappa shape index (κ1) is 28.0. The molecule has 3 saturated heterocycles. The fourth-order valence-electron chi connectivity index (χ4n) is 6.47. The van der Waals surface area contributed by atoms with E-state index in [1.165, 1.54) is 0 Å². The lowest BCUT2D eigenvalue weighted by Gasteiger charge is -2.39. The third-order valence-corrected chi connectivity index (χ3v) is 11.7. The average molecular weight is 617 g/mol. The Kier molecular flexibility index (Phi) is 7.99. The molecular weight excluding hydrogens is 582 g/mol. The van der Waals surface area contributed by atoms with Gasteiger partial charge in [-0.15, -0.1) is 11.8 Å². The fourth-order valence-corrected chi connectivity index (χ4v) is 10.1. The molecule has 3 amide bonds. The van der Waals surface area contributed by atoms with Gasteiger partial charge in [-0.05, 0) is 48.7 Å². The number of ether oxygens (including phenoxy) is 1. The van der Waals surface area contributed by atoms with Gasteiger partial charge in [0.2, 0.25) is 17.7 Å². The number of rotatable bonds is 9. The molecule has 8 atom stereocenters. The van der Waals surface area contributed by atoms with E-state index in [0.717, 1.165) is 6.42 Å². The highest BCUT2D eigenvalue weighted by atomic mass is 79.9. The summed E-state index contributed by atoms with van der Waals surface area (Å²) in [4.78, 5) is 43.7. The van der Waals surface area contributed by atoms with E-state index in [9.17, 15) is 19.5 Å². The molecule has 2 aromatic rings. The number of halogens is 1. The summed E-state index contributed by atoms with van der Waals surface area (Å²) in [6.07, 6.45) is 1.30. The number of carbonyl (C=O) groups excluding carboxylic acids is 3. The SMILES string of the molecule is CC[C@H](C)[C@H](CO)N1C(=O)[C@@H]2[C@@H](C(=O)Nc3ccccc3)[C@@H]3SC2(CC3Br)C1C(=O)Nc1ccc(OC)cc1. The Morgan fingerprint density at radius 1 is 1.13 bits per heavy atom. The van der Waals surface area contributed by atoms with Gasteiger partial charge in [0.05, 0.1) is 36.3 Å². The molecule has 0 saturated carbocycles. The molecule has 10 heteroatoms. The summed E-state index contributed by atoms with van der Waals surface area (Å²) in [5.41, 5.74) is 1.25. The zero-order valence-corrected chi connectivity index (χ0v) is 24.6. The Hall–Kier alpha value is -2.56. The molecule has 3 heterocycles. The first-order chi connectivity index (χ1) is 18.7. The van der Waals surface area contributed by atoms with Gasteiger partial charge in [-0.3, -0.25) is 14.4 Å². The van der Waals surface area contributed by atoms with Gasteiger partial charge in [0.15, 0.2) is 0 Å². The van der Waals surface area contributed by atoms with Crippen LogP contribution in [0, 0.1) is 17.8 Å². The third-order valence-electron chi connectivity index (χ3n) is 8.52. The molecule has 3 N–H and O–H groups in total. The largest absolute Gasteiger partial charge is 0.497 e. The molecule has 3 fully saturated rings. The van der Waals surface area contributed by atoms with E-state index < -0.39 is 28.7 Å². The predicted molar refractivity (Wildman–Crippen MR) is 156 cm³/mol. The van der Waals surface area contributed by atoms with Crippen molar-refractivity contribution in [2.45, 2.75) is 53.6 Å². The van der Waals surface area contributed by atoms with Crippen LogP contribution < -0.4 is 15.4 Å². The summed E-state index contributed by atoms with van der Waals surface area (Å²) >= 11 is 5.37. The van der Waals surface area contributed by atoms with E-state index in [2.05, 4.69) is 26.6 Å². The van der Waals surface area contributed by atoms with E-state index in [-0.39, 0.29) is 40.3 Å². The van der Waals surface area contributed by atoms with Crippen molar-refractivity contribution < 1.29 is 24.2 Å². The number of aliphatic hydroxyl groups is 1. The number of thioether (sulfide) groups is 1. The molecule has 3 aliphatic heterocycles. The van der Waals surface area contributed by atoms with Gasteiger partial charge in [-0.2, -0.15) is 0 Å². The minimum atomic E-state index is -0.840. The number of hydrogen-bond donors (Lipinski definition) is 3. The van der Waals surface area contributed by atoms with Crippen molar-refractivity contribution in [2.75, 3.05) is 24.4 Å². The van der Waals surface area contributed by atoms with Crippen LogP contribution in [0.4, 0.5) is 11.4 Å². The molecule has 0 radical (unpaired) electrons. The average Bonchev–Trinajstić information content (AvgIpc) is 3.53. The van der Waals surface area contributed by atoms with Crippen molar-refractivity contribution in [3.05, 3.63) is 54.6 Å². The van der Waals surface area contributed by atoms with Gasteiger partial charge in [-0.25, -0.2) is 0 Å². The topological polar surface area (TPSA) is 108 Å². The fraction of sp³-hybridized carbons (Fsp3) is 0.483. The van der Waals surface area contributed by atoms with Crippen molar-refractivity contribution in [1.82, 2.24) is 4.90 Å². The maximum absolute atomic E-state index is 14.3. The number of amides is 3. The number of para-hydroxylation sites is 1. The summed E-state index contributed by atoms with van der Waals surface area (Å²) in [6, 6.07) is 14.9. The number of hydrogen-bond acceptors (Lipinski definition) is 6. The summed E-state index contributed by atoms with van der Waals surface area (Å²) in [7, 11) is 1.58. The van der Waals surface area contributed by atoms with Gasteiger partial charge in [0, 0.05) is 21.5 Å². The molecule has 0 aliphatic carbocycles. The molecule has 8 nitrogen and oxygen atoms in total. The van der Waals surface area contributed by atoms with Crippen LogP contribution in [0.3, 0.4) is 0 Å². The number of fused-ring (bicyclic) bond motifs is 1. The number of likely N-dealkylation sites (tertiary alicyclic amines) is 1. The Bertz CT molecular complexity index is 1230. The molecule has 0 aromatic heterocycles. The molecule has 3 aliphatic rings. The Morgan fingerprint density at radius 3 is 2.38 bits per heavy atom. The lowest BCUT2D eigenvalue weighted by Crippen LogP contribution is -2.56. The zero-order chi connectivity index (χ0) is 27.9. The maximum Gasteiger partial charge on any atom is 0.248 e. The molecule has 1 spiro atoms. The Morgan fingerprint density at radius 2 is 1.77 bits per heavy atom. The first-order valence-electron chi connectivity index (χ1n) is 13.3. The standard InChI is InChI=1S/C29H34BrN3O5S/c1-4-16(2)21(15-34)33-25(27(36)32-18-10-12-19(38-3)13-11-18)29-14-20(30)24(39-29)22(23(29)28(33)37)26(35)31-17-8-6-5-7-9-17/h5-13,16,20-25,34H,4,14-15H2,1-3H3,(H,31,35)(H,32,36)/t16-,20?,21-,22+,23-,24+,25?,29?/m0/s1. The molecule has 3 unspecified atom stereocenters. The highest BCUT2D eigenvalue weighted by molar-refractivity contribution is 9.09. The molecule has 2 bridgehead atoms.